The van der Waals surface area contributed by atoms with Gasteiger partial charge in [-0.3, -0.25) is 9.35 Å². The number of carbonyl (C=O) groups excluding carboxylic acids is 1. The molecule has 4 aliphatic carbocycles. The van der Waals surface area contributed by atoms with Crippen molar-refractivity contribution in [2.45, 2.75) is 317 Å². The lowest BCUT2D eigenvalue weighted by atomic mass is 9.47. The monoisotopic (exact) mass is 1400 g/mol. The molecule has 35 unspecified atom stereocenters. The molecule has 33 heteroatoms. The van der Waals surface area contributed by atoms with Crippen LogP contribution in [0.5, 0.6) is 0 Å². The van der Waals surface area contributed by atoms with Gasteiger partial charge in [-0.1, -0.05) is 46.3 Å². The molecule has 0 bridgehead atoms. The van der Waals surface area contributed by atoms with Gasteiger partial charge in [0.05, 0.1) is 55.4 Å². The summed E-state index contributed by atoms with van der Waals surface area (Å²) >= 11 is 0. The second-order valence-electron chi connectivity index (χ2n) is 29.8. The lowest BCUT2D eigenvalue weighted by Gasteiger charge is -2.60. The predicted octanol–water partition coefficient (Wildman–Crippen LogP) is -3.58. The van der Waals surface area contributed by atoms with E-state index in [-0.39, 0.29) is 54.6 Å². The van der Waals surface area contributed by atoms with Crippen LogP contribution in [-0.2, 0) is 76.2 Å². The highest BCUT2D eigenvalue weighted by Gasteiger charge is 2.64. The van der Waals surface area contributed by atoms with E-state index in [1.54, 1.807) is 6.92 Å². The molecule has 16 N–H and O–H groups in total. The van der Waals surface area contributed by atoms with Crippen LogP contribution in [0.3, 0.4) is 0 Å². The summed E-state index contributed by atoms with van der Waals surface area (Å²) in [6.45, 7) is 15.7. The third kappa shape index (κ3) is 15.0. The molecule has 3 saturated carbocycles. The third-order valence-electron chi connectivity index (χ3n) is 23.2. The summed E-state index contributed by atoms with van der Waals surface area (Å²) < 4.78 is 113. The van der Waals surface area contributed by atoms with Crippen molar-refractivity contribution in [3.05, 3.63) is 11.6 Å². The van der Waals surface area contributed by atoms with E-state index >= 15 is 0 Å². The molecule has 0 aromatic heterocycles. The number of rotatable bonds is 20. The Morgan fingerprint density at radius 3 is 1.59 bits per heavy atom. The smallest absolute Gasteiger partial charge is 0.394 e. The molecule has 6 aliphatic heterocycles. The summed E-state index contributed by atoms with van der Waals surface area (Å²) in [7, 11) is -4.91. The topological polar surface area (TPSA) is 495 Å². The van der Waals surface area contributed by atoms with Crippen LogP contribution in [0, 0.1) is 46.3 Å². The van der Waals surface area contributed by atoms with Gasteiger partial charge in [0, 0.05) is 12.3 Å². The Hall–Kier alpha value is -1.80. The molecule has 0 aromatic carbocycles. The summed E-state index contributed by atoms with van der Waals surface area (Å²) in [5.41, 5.74) is -1.38. The zero-order valence-electron chi connectivity index (χ0n) is 55.6. The fourth-order valence-electron chi connectivity index (χ4n) is 17.2. The van der Waals surface area contributed by atoms with Gasteiger partial charge in [0.2, 0.25) is 0 Å². The third-order valence-corrected chi connectivity index (χ3v) is 23.7. The number of hydrogen-bond donors (Lipinski definition) is 16. The number of ketones is 1. The molecular weight excluding hydrogens is 1300 g/mol. The molecule has 0 aromatic rings. The highest BCUT2D eigenvalue weighted by atomic mass is 32.3. The minimum absolute atomic E-state index is 0.0171. The van der Waals surface area contributed by atoms with Gasteiger partial charge in [0.25, 0.3) is 0 Å². The van der Waals surface area contributed by atoms with Crippen LogP contribution in [0.25, 0.3) is 0 Å². The SMILES string of the molecule is CC1OC(OC2C(OC3C(O)C(C)OC(O[C@H]4CC5C(=CCC6(C)C5CCC6[C@@](C)(O)CC(=O)[C@@H](C)C(C)C)C5(C)CCC(OS(=O)(=O)O)C[C@H]45)C3O)OCC(OC3OC(CO)C(O)C(O)C3OC3OC(C)C(O)C(OC4OC(C)C(O)C(O)C4O)C3O)C2O)C(O)C(O)C1O. The summed E-state index contributed by atoms with van der Waals surface area (Å²) in [4.78, 5) is 13.6. The summed E-state index contributed by atoms with van der Waals surface area (Å²) in [5.74, 6) is -1.23. The number of ether oxygens (including phenoxy) is 12. The van der Waals surface area contributed by atoms with Crippen molar-refractivity contribution in [2.24, 2.45) is 46.3 Å². The first-order valence-electron chi connectivity index (χ1n) is 33.7. The van der Waals surface area contributed by atoms with E-state index in [2.05, 4.69) is 19.9 Å². The zero-order chi connectivity index (χ0) is 70.5. The molecule has 6 heterocycles. The molecule has 0 radical (unpaired) electrons. The maximum atomic E-state index is 13.6. The first-order valence-corrected chi connectivity index (χ1v) is 35.1. The Morgan fingerprint density at radius 2 is 1.06 bits per heavy atom. The Balaban J connectivity index is 0.905. The van der Waals surface area contributed by atoms with Crippen molar-refractivity contribution in [1.82, 2.24) is 0 Å². The molecule has 10 rings (SSSR count). The first kappa shape index (κ1) is 76.8. The summed E-state index contributed by atoms with van der Waals surface area (Å²) in [6, 6.07) is 0. The molecule has 39 atom stereocenters. The molecule has 0 spiro atoms. The lowest BCUT2D eigenvalue weighted by Crippen LogP contribution is -2.67. The molecule has 554 valence electrons. The number of aliphatic hydroxyl groups is 15. The molecule has 0 amide bonds. The van der Waals surface area contributed by atoms with Crippen molar-refractivity contribution in [1.29, 1.82) is 0 Å². The quantitative estimate of drug-likeness (QED) is 0.0414. The van der Waals surface area contributed by atoms with Crippen LogP contribution in [-0.4, -0.2) is 305 Å². The molecule has 96 heavy (non-hydrogen) atoms. The van der Waals surface area contributed by atoms with Gasteiger partial charge in [-0.15, -0.1) is 0 Å². The Kier molecular flexibility index (Phi) is 23.8. The maximum absolute atomic E-state index is 13.6. The van der Waals surface area contributed by atoms with Gasteiger partial charge < -0.3 is 133 Å². The number of fused-ring (bicyclic) bond motifs is 5. The highest BCUT2D eigenvalue weighted by molar-refractivity contribution is 7.80. The number of Topliss-reactive ketones (excluding diaryl/α,β-unsaturated/α-hetero) is 1. The van der Waals surface area contributed by atoms with Crippen LogP contribution in [0.15, 0.2) is 11.6 Å². The van der Waals surface area contributed by atoms with Gasteiger partial charge in [0.15, 0.2) is 37.7 Å². The van der Waals surface area contributed by atoms with Crippen LogP contribution in [0.2, 0.25) is 0 Å². The minimum atomic E-state index is -4.91. The van der Waals surface area contributed by atoms with Crippen molar-refractivity contribution >= 4 is 16.2 Å². The van der Waals surface area contributed by atoms with Gasteiger partial charge in [-0.25, -0.2) is 4.18 Å². The number of aliphatic hydroxyl groups excluding tert-OH is 14. The number of carbonyl (C=O) groups is 1. The van der Waals surface area contributed by atoms with Gasteiger partial charge >= 0.3 is 10.4 Å². The average molecular weight is 1410 g/mol. The van der Waals surface area contributed by atoms with E-state index in [1.807, 2.05) is 20.8 Å². The van der Waals surface area contributed by atoms with E-state index in [4.69, 9.17) is 61.0 Å². The van der Waals surface area contributed by atoms with E-state index in [9.17, 15) is 94.4 Å². The predicted molar refractivity (Wildman–Crippen MR) is 321 cm³/mol. The Morgan fingerprint density at radius 1 is 0.573 bits per heavy atom. The fraction of sp³-hybridized carbons (Fsp3) is 0.952. The molecule has 32 nitrogen and oxygen atoms in total. The zero-order valence-corrected chi connectivity index (χ0v) is 56.4. The Bertz CT molecular complexity index is 2770. The maximum Gasteiger partial charge on any atom is 0.397 e. The van der Waals surface area contributed by atoms with Crippen LogP contribution in [0.4, 0.5) is 0 Å². The standard InChI is InChI=1S/C63H104O32S/c1-22(2)23(3)33(65)19-63(10,79)37-12-11-30-29-18-34(32-17-28(95-96(80,81)82)13-15-61(32,8)31(29)14-16-62(30,37)9)88-57-49(77)52(41(69)26(6)86-57)92-59-53(93-56-48(76)45(73)39(67)25(5)85-56)43(71)36(21-83-59)90-60-54(46(74)42(70)35(20-64)89-60)94-58-50(78)51(40(68)27(7)87-58)91-55-47(75)44(72)38(66)24(4)84-55/h14,22-30,32,34-60,64,66-79H,11-13,15-21H2,1-10H3,(H,80,81,82)/t23-,24?,25?,26?,27?,28?,29?,30?,32+,34-,35?,36?,37?,38?,39?,40?,41?,42?,43?,44?,45?,46?,47?,48?,49?,50?,51?,52?,53?,54?,55?,56?,57?,58?,59?,60?,61?,62?,63-/m0/s1. The number of allylic oxidation sites excluding steroid dienone is 2. The molecule has 9 fully saturated rings. The van der Waals surface area contributed by atoms with E-state index in [0.29, 0.717) is 32.1 Å². The largest absolute Gasteiger partial charge is 0.397 e. The summed E-state index contributed by atoms with van der Waals surface area (Å²) in [6.07, 6.45) is -47.3. The minimum Gasteiger partial charge on any atom is -0.394 e. The Labute approximate surface area is 557 Å². The van der Waals surface area contributed by atoms with Crippen molar-refractivity contribution in [3.8, 4) is 0 Å². The second kappa shape index (κ2) is 29.7. The highest BCUT2D eigenvalue weighted by Crippen LogP contribution is 2.67. The van der Waals surface area contributed by atoms with E-state index in [0.717, 1.165) is 5.57 Å². The van der Waals surface area contributed by atoms with Crippen LogP contribution >= 0.6 is 0 Å². The molecule has 10 aliphatic rings. The first-order chi connectivity index (χ1) is 44.8. The summed E-state index contributed by atoms with van der Waals surface area (Å²) in [5, 5.41) is 170. The average Bonchev–Trinajstić information content (AvgIpc) is 1.34. The fourth-order valence-corrected chi connectivity index (χ4v) is 17.7. The van der Waals surface area contributed by atoms with Gasteiger partial charge in [-0.05, 0) is 120 Å². The second-order valence-corrected chi connectivity index (χ2v) is 30.9. The van der Waals surface area contributed by atoms with E-state index < -0.39 is 236 Å². The van der Waals surface area contributed by atoms with Crippen LogP contribution < -0.4 is 0 Å². The molecular formula is C63H104O32S. The van der Waals surface area contributed by atoms with Gasteiger partial charge in [-0.2, -0.15) is 8.42 Å². The molecule has 6 saturated heterocycles. The van der Waals surface area contributed by atoms with Crippen LogP contribution in [0.1, 0.15) is 121 Å². The number of hydrogen-bond acceptors (Lipinski definition) is 31. The van der Waals surface area contributed by atoms with Gasteiger partial charge in [0.1, 0.15) is 122 Å². The van der Waals surface area contributed by atoms with Crippen molar-refractivity contribution in [2.75, 3.05) is 13.2 Å². The van der Waals surface area contributed by atoms with Crippen molar-refractivity contribution in [3.63, 3.8) is 0 Å². The normalized spacial score (nSPS) is 51.9. The van der Waals surface area contributed by atoms with E-state index in [1.165, 1.54) is 27.7 Å². The lowest BCUT2D eigenvalue weighted by molar-refractivity contribution is -0.402. The van der Waals surface area contributed by atoms with Crippen molar-refractivity contribution < 1.29 is 155 Å².